The molecule has 0 aromatic heterocycles. The maximum Gasteiger partial charge on any atom is 0.405 e. The van der Waals surface area contributed by atoms with Crippen molar-refractivity contribution in [1.82, 2.24) is 10.2 Å². The molecule has 1 unspecified atom stereocenters. The molecule has 0 saturated heterocycles. The van der Waals surface area contributed by atoms with Crippen LogP contribution in [0.5, 0.6) is 5.75 Å². The molecule has 2 aromatic carbocycles. The van der Waals surface area contributed by atoms with E-state index in [0.29, 0.717) is 17.4 Å². The Morgan fingerprint density at radius 3 is 2.39 bits per heavy atom. The molecule has 2 rings (SSSR count). The molecule has 0 aliphatic carbocycles. The van der Waals surface area contributed by atoms with E-state index >= 15 is 0 Å². The molecule has 36 heavy (non-hydrogen) atoms. The van der Waals surface area contributed by atoms with Crippen LogP contribution in [0.2, 0.25) is 10.0 Å². The second-order valence-corrected chi connectivity index (χ2v) is 8.97. The average molecular weight is 549 g/mol. The van der Waals surface area contributed by atoms with Gasteiger partial charge in [0.1, 0.15) is 18.5 Å². The molecule has 2 amide bonds. The second-order valence-electron chi connectivity index (χ2n) is 8.16. The predicted octanol–water partition coefficient (Wildman–Crippen LogP) is 5.64. The number of carbonyl (C=O) groups excluding carboxylic acids is 2. The zero-order valence-electron chi connectivity index (χ0n) is 19.4. The number of nitrogens with one attached hydrogen (secondary N) is 1. The van der Waals surface area contributed by atoms with Crippen LogP contribution in [-0.2, 0) is 15.0 Å². The van der Waals surface area contributed by atoms with Gasteiger partial charge in [0, 0.05) is 31.0 Å². The number of benzene rings is 2. The van der Waals surface area contributed by atoms with E-state index in [4.69, 9.17) is 27.9 Å². The molecule has 0 aliphatic rings. The molecule has 0 bridgehead atoms. The van der Waals surface area contributed by atoms with Crippen molar-refractivity contribution in [2.24, 2.45) is 0 Å². The predicted molar refractivity (Wildman–Crippen MR) is 129 cm³/mol. The van der Waals surface area contributed by atoms with Gasteiger partial charge in [0.25, 0.3) is 0 Å². The second kappa shape index (κ2) is 12.3. The molecule has 7 nitrogen and oxygen atoms in total. The number of carbonyl (C=O) groups is 3. The van der Waals surface area contributed by atoms with Crippen LogP contribution in [0.4, 0.5) is 18.0 Å². The first-order valence-corrected chi connectivity index (χ1v) is 11.4. The third kappa shape index (κ3) is 7.27. The van der Waals surface area contributed by atoms with E-state index in [1.807, 2.05) is 0 Å². The van der Waals surface area contributed by atoms with Gasteiger partial charge in [-0.25, -0.2) is 4.79 Å². The summed E-state index contributed by atoms with van der Waals surface area (Å²) in [4.78, 5) is 36.8. The summed E-state index contributed by atoms with van der Waals surface area (Å²) in [6, 6.07) is 9.72. The van der Waals surface area contributed by atoms with Crippen LogP contribution in [0.3, 0.4) is 0 Å². The van der Waals surface area contributed by atoms with Crippen molar-refractivity contribution in [3.63, 3.8) is 0 Å². The Morgan fingerprint density at radius 2 is 1.83 bits per heavy atom. The first-order chi connectivity index (χ1) is 16.8. The van der Waals surface area contributed by atoms with E-state index in [9.17, 15) is 32.7 Å². The Bertz CT molecular complexity index is 1100. The summed E-state index contributed by atoms with van der Waals surface area (Å²) in [6.07, 6.45) is -7.45. The quantitative estimate of drug-likeness (QED) is 0.354. The molecule has 12 heteroatoms. The number of likely N-dealkylation sites (N-methyl/N-ethyl adjacent to an activating group) is 1. The van der Waals surface area contributed by atoms with Crippen LogP contribution in [0.25, 0.3) is 0 Å². The number of para-hydroxylation sites is 1. The minimum Gasteiger partial charge on any atom is -0.496 e. The number of alkyl halides is 3. The van der Waals surface area contributed by atoms with E-state index in [-0.39, 0.29) is 28.6 Å². The molecule has 2 atom stereocenters. The Balaban J connectivity index is 2.84. The minimum absolute atomic E-state index is 0.0545. The number of aldehydes is 1. The van der Waals surface area contributed by atoms with Crippen molar-refractivity contribution in [2.45, 2.75) is 36.9 Å². The number of hydrogen-bond donors (Lipinski definition) is 2. The van der Waals surface area contributed by atoms with E-state index in [0.717, 1.165) is 4.90 Å². The lowest BCUT2D eigenvalue weighted by molar-refractivity contribution is -0.161. The Labute approximate surface area is 216 Å². The van der Waals surface area contributed by atoms with Gasteiger partial charge in [0.15, 0.2) is 0 Å². The number of halogens is 5. The first-order valence-electron chi connectivity index (χ1n) is 10.7. The van der Waals surface area contributed by atoms with Crippen LogP contribution in [0.1, 0.15) is 36.4 Å². The highest BCUT2D eigenvalue weighted by molar-refractivity contribution is 6.42. The van der Waals surface area contributed by atoms with Gasteiger partial charge in [-0.3, -0.25) is 4.79 Å². The molecule has 0 heterocycles. The van der Waals surface area contributed by atoms with E-state index in [2.05, 4.69) is 5.32 Å². The summed E-state index contributed by atoms with van der Waals surface area (Å²) in [5.74, 6) is -0.941. The summed E-state index contributed by atoms with van der Waals surface area (Å²) in [5.41, 5.74) is -0.760. The lowest BCUT2D eigenvalue weighted by atomic mass is 9.68. The van der Waals surface area contributed by atoms with E-state index in [1.165, 1.54) is 32.4 Å². The number of methoxy groups -OCH3 is 1. The van der Waals surface area contributed by atoms with Crippen molar-refractivity contribution >= 4 is 41.5 Å². The van der Waals surface area contributed by atoms with Crippen LogP contribution in [-0.4, -0.2) is 55.2 Å². The van der Waals surface area contributed by atoms with Gasteiger partial charge in [-0.05, 0) is 30.2 Å². The SMILES string of the molecule is COc1ccccc1C(NC(=O)O)[C@](CCC=O)(CN(C)C(=O)CC(F)(F)F)c1ccc(Cl)c(Cl)c1. The number of amides is 2. The van der Waals surface area contributed by atoms with E-state index in [1.54, 1.807) is 24.3 Å². The molecular formula is C24H25Cl2F3N2O5. The normalized spacial score (nSPS) is 13.9. The zero-order valence-corrected chi connectivity index (χ0v) is 21.0. The van der Waals surface area contributed by atoms with Gasteiger partial charge in [0.05, 0.1) is 23.2 Å². The molecule has 0 spiro atoms. The Morgan fingerprint density at radius 1 is 1.17 bits per heavy atom. The van der Waals surface area contributed by atoms with Crippen molar-refractivity contribution in [3.05, 3.63) is 63.6 Å². The van der Waals surface area contributed by atoms with Crippen LogP contribution < -0.4 is 10.1 Å². The summed E-state index contributed by atoms with van der Waals surface area (Å²) in [7, 11) is 2.56. The van der Waals surface area contributed by atoms with E-state index < -0.39 is 42.6 Å². The maximum atomic E-state index is 13.0. The molecular weight excluding hydrogens is 524 g/mol. The fourth-order valence-electron chi connectivity index (χ4n) is 4.20. The van der Waals surface area contributed by atoms with Gasteiger partial charge < -0.3 is 24.9 Å². The van der Waals surface area contributed by atoms with Gasteiger partial charge in [-0.1, -0.05) is 47.5 Å². The highest BCUT2D eigenvalue weighted by atomic mass is 35.5. The fraction of sp³-hybridized carbons (Fsp3) is 0.375. The van der Waals surface area contributed by atoms with Crippen molar-refractivity contribution < 1.29 is 37.4 Å². The molecule has 196 valence electrons. The minimum atomic E-state index is -4.75. The maximum absolute atomic E-state index is 13.0. The van der Waals surface area contributed by atoms with Crippen molar-refractivity contribution in [1.29, 1.82) is 0 Å². The number of hydrogen-bond acceptors (Lipinski definition) is 4. The number of rotatable bonds is 11. The summed E-state index contributed by atoms with van der Waals surface area (Å²) < 4.78 is 44.4. The molecule has 0 saturated carbocycles. The zero-order chi connectivity index (χ0) is 27.1. The third-order valence-corrected chi connectivity index (χ3v) is 6.51. The molecule has 0 radical (unpaired) electrons. The topological polar surface area (TPSA) is 95.9 Å². The van der Waals surface area contributed by atoms with Gasteiger partial charge in [-0.15, -0.1) is 0 Å². The fourth-order valence-corrected chi connectivity index (χ4v) is 4.50. The molecule has 2 N–H and O–H groups in total. The number of carboxylic acid groups (broad SMARTS) is 1. The highest BCUT2D eigenvalue weighted by Gasteiger charge is 2.46. The van der Waals surface area contributed by atoms with Gasteiger partial charge in [0.2, 0.25) is 5.91 Å². The van der Waals surface area contributed by atoms with Crippen molar-refractivity contribution in [2.75, 3.05) is 20.7 Å². The summed E-state index contributed by atoms with van der Waals surface area (Å²) in [5, 5.41) is 12.5. The van der Waals surface area contributed by atoms with Crippen molar-refractivity contribution in [3.8, 4) is 5.75 Å². The largest absolute Gasteiger partial charge is 0.496 e. The Hall–Kier alpha value is -2.98. The average Bonchev–Trinajstić information content (AvgIpc) is 2.80. The van der Waals surface area contributed by atoms with Gasteiger partial charge >= 0.3 is 12.3 Å². The first kappa shape index (κ1) is 29.3. The lowest BCUT2D eigenvalue weighted by Gasteiger charge is -2.44. The molecule has 0 fully saturated rings. The van der Waals surface area contributed by atoms with Crippen LogP contribution >= 0.6 is 23.2 Å². The third-order valence-electron chi connectivity index (χ3n) is 5.77. The smallest absolute Gasteiger partial charge is 0.405 e. The molecule has 0 aliphatic heterocycles. The van der Waals surface area contributed by atoms with Crippen LogP contribution in [0, 0.1) is 0 Å². The van der Waals surface area contributed by atoms with Crippen LogP contribution in [0.15, 0.2) is 42.5 Å². The Kier molecular flexibility index (Phi) is 10.0. The van der Waals surface area contributed by atoms with Gasteiger partial charge in [-0.2, -0.15) is 13.2 Å². The summed E-state index contributed by atoms with van der Waals surface area (Å²) in [6.45, 7) is -0.392. The number of nitrogens with zero attached hydrogens (tertiary/aromatic N) is 1. The highest BCUT2D eigenvalue weighted by Crippen LogP contribution is 2.46. The monoisotopic (exact) mass is 548 g/mol. The standard InChI is InChI=1S/C24H25Cl2F3N2O5/c1-31(20(33)13-24(27,28)29)14-23(10-5-11-32,15-8-9-17(25)18(26)12-15)21(30-22(34)35)16-6-3-4-7-19(16)36-2/h3-4,6-9,11-12,21,30H,5,10,13-14H2,1-2H3,(H,34,35)/t21?,23-/m1/s1. The molecule has 2 aromatic rings. The summed E-state index contributed by atoms with van der Waals surface area (Å²) >= 11 is 12.3. The lowest BCUT2D eigenvalue weighted by Crippen LogP contribution is -2.51. The number of ether oxygens (including phenoxy) is 1.